The van der Waals surface area contributed by atoms with Crippen LogP contribution < -0.4 is 9.47 Å². The quantitative estimate of drug-likeness (QED) is 0.652. The lowest BCUT2D eigenvalue weighted by Crippen LogP contribution is -2.21. The van der Waals surface area contributed by atoms with Gasteiger partial charge in [0.2, 0.25) is 0 Å². The van der Waals surface area contributed by atoms with Crippen molar-refractivity contribution in [2.75, 3.05) is 25.7 Å². The van der Waals surface area contributed by atoms with Crippen molar-refractivity contribution in [2.24, 2.45) is 0 Å². The number of methoxy groups -OCH3 is 2. The first-order chi connectivity index (χ1) is 11.1. The summed E-state index contributed by atoms with van der Waals surface area (Å²) in [5, 5.41) is 0.643. The highest BCUT2D eigenvalue weighted by Gasteiger charge is 2.37. The predicted molar refractivity (Wildman–Crippen MR) is 101 cm³/mol. The molecule has 6 heteroatoms. The lowest BCUT2D eigenvalue weighted by Gasteiger charge is -2.35. The molecule has 2 aromatic rings. The van der Waals surface area contributed by atoms with E-state index in [0.717, 1.165) is 17.5 Å². The van der Waals surface area contributed by atoms with Crippen molar-refractivity contribution < 1.29 is 13.9 Å². The Balaban J connectivity index is 2.13. The minimum atomic E-state index is -0.318. The van der Waals surface area contributed by atoms with E-state index >= 15 is 0 Å². The Kier molecular flexibility index (Phi) is 5.33. The number of thiophene rings is 1. The Morgan fingerprint density at radius 1 is 1.17 bits per heavy atom. The smallest absolute Gasteiger partial charge is 0.197 e. The molecule has 3 rings (SSSR count). The summed E-state index contributed by atoms with van der Waals surface area (Å²) in [6.45, 7) is 2.22. The molecule has 0 spiro atoms. The average Bonchev–Trinajstić information content (AvgIpc) is 3.01. The zero-order valence-electron chi connectivity index (χ0n) is 13.6. The molecule has 0 bridgehead atoms. The minimum Gasteiger partial charge on any atom is -0.493 e. The highest BCUT2D eigenvalue weighted by Crippen LogP contribution is 2.56. The fourth-order valence-corrected chi connectivity index (χ4v) is 7.99. The molecule has 1 aromatic heterocycles. The van der Waals surface area contributed by atoms with Crippen LogP contribution in [0.3, 0.4) is 0 Å². The number of hydrogen-bond donors (Lipinski definition) is 0. The number of hydrogen-bond acceptors (Lipinski definition) is 5. The van der Waals surface area contributed by atoms with Gasteiger partial charge in [-0.15, -0.1) is 34.9 Å². The normalized spacial score (nSPS) is 17.4. The third-order valence-corrected chi connectivity index (χ3v) is 9.00. The van der Waals surface area contributed by atoms with Gasteiger partial charge in [-0.3, -0.25) is 0 Å². The van der Waals surface area contributed by atoms with E-state index in [-0.39, 0.29) is 15.6 Å². The molecular formula is C17H21FO2S3. The lowest BCUT2D eigenvalue weighted by atomic mass is 10.1. The molecule has 1 saturated heterocycles. The molecule has 23 heavy (non-hydrogen) atoms. The standard InChI is InChI=1S/C17H21FO2S3/c1-4-6-17(21-7-5-8-22-17)14-9-11-13(23-14)10-12(19-2)16(20-3)15(11)18/h9-10H,4-8H2,1-3H3. The molecule has 1 aromatic carbocycles. The monoisotopic (exact) mass is 372 g/mol. The number of thioether (sulfide) groups is 2. The summed E-state index contributed by atoms with van der Waals surface area (Å²) < 4.78 is 26.3. The Hall–Kier alpha value is -0.590. The van der Waals surface area contributed by atoms with Gasteiger partial charge in [-0.25, -0.2) is 4.39 Å². The summed E-state index contributed by atoms with van der Waals surface area (Å²) >= 11 is 5.72. The summed E-state index contributed by atoms with van der Waals surface area (Å²) in [6, 6.07) is 3.92. The van der Waals surface area contributed by atoms with Gasteiger partial charge in [0.1, 0.15) is 0 Å². The van der Waals surface area contributed by atoms with Gasteiger partial charge in [0.25, 0.3) is 0 Å². The van der Waals surface area contributed by atoms with E-state index in [1.165, 1.54) is 29.9 Å². The van der Waals surface area contributed by atoms with Gasteiger partial charge in [-0.1, -0.05) is 13.3 Å². The summed E-state index contributed by atoms with van der Waals surface area (Å²) in [5.41, 5.74) is 0. The van der Waals surface area contributed by atoms with E-state index in [4.69, 9.17) is 9.47 Å². The molecule has 0 atom stereocenters. The van der Waals surface area contributed by atoms with Crippen molar-refractivity contribution in [3.63, 3.8) is 0 Å². The van der Waals surface area contributed by atoms with Crippen molar-refractivity contribution in [1.29, 1.82) is 0 Å². The molecule has 0 amide bonds. The topological polar surface area (TPSA) is 18.5 Å². The number of halogens is 1. The molecule has 2 heterocycles. The highest BCUT2D eigenvalue weighted by molar-refractivity contribution is 8.18. The summed E-state index contributed by atoms with van der Waals surface area (Å²) in [7, 11) is 3.02. The van der Waals surface area contributed by atoms with Gasteiger partial charge in [-0.2, -0.15) is 0 Å². The van der Waals surface area contributed by atoms with E-state index in [9.17, 15) is 4.39 Å². The van der Waals surface area contributed by atoms with Crippen LogP contribution in [0.15, 0.2) is 12.1 Å². The van der Waals surface area contributed by atoms with Gasteiger partial charge in [0.05, 0.1) is 18.3 Å². The zero-order valence-corrected chi connectivity index (χ0v) is 16.1. The van der Waals surface area contributed by atoms with Crippen LogP contribution in [0.4, 0.5) is 4.39 Å². The second-order valence-corrected chi connectivity index (χ2v) is 9.63. The highest BCUT2D eigenvalue weighted by atomic mass is 32.2. The second kappa shape index (κ2) is 7.11. The summed E-state index contributed by atoms with van der Waals surface area (Å²) in [4.78, 5) is 1.26. The van der Waals surface area contributed by atoms with Crippen LogP contribution in [-0.2, 0) is 4.08 Å². The first kappa shape index (κ1) is 17.2. The second-order valence-electron chi connectivity index (χ2n) is 5.50. The first-order valence-electron chi connectivity index (χ1n) is 7.77. The van der Waals surface area contributed by atoms with Crippen molar-refractivity contribution in [3.8, 4) is 11.5 Å². The van der Waals surface area contributed by atoms with Crippen LogP contribution in [-0.4, -0.2) is 25.7 Å². The summed E-state index contributed by atoms with van der Waals surface area (Å²) in [5.74, 6) is 2.69. The zero-order chi connectivity index (χ0) is 16.4. The Labute approximate surface area is 149 Å². The maximum Gasteiger partial charge on any atom is 0.197 e. The number of benzene rings is 1. The minimum absolute atomic E-state index is 0.0730. The van der Waals surface area contributed by atoms with E-state index < -0.39 is 0 Å². The van der Waals surface area contributed by atoms with Crippen LogP contribution >= 0.6 is 34.9 Å². The average molecular weight is 373 g/mol. The first-order valence-corrected chi connectivity index (χ1v) is 10.6. The SMILES string of the molecule is CCCC1(c2cc3c(F)c(OC)c(OC)cc3s2)SCCCS1. The van der Waals surface area contributed by atoms with Gasteiger partial charge in [-0.05, 0) is 30.4 Å². The molecule has 1 fully saturated rings. The van der Waals surface area contributed by atoms with E-state index in [1.807, 2.05) is 35.7 Å². The summed E-state index contributed by atoms with van der Waals surface area (Å²) in [6.07, 6.45) is 3.50. The number of rotatable bonds is 5. The Morgan fingerprint density at radius 3 is 2.52 bits per heavy atom. The largest absolute Gasteiger partial charge is 0.493 e. The van der Waals surface area contributed by atoms with Gasteiger partial charge < -0.3 is 9.47 Å². The third kappa shape index (κ3) is 3.05. The van der Waals surface area contributed by atoms with Gasteiger partial charge in [0, 0.05) is 21.0 Å². The van der Waals surface area contributed by atoms with Crippen molar-refractivity contribution in [2.45, 2.75) is 30.3 Å². The molecular weight excluding hydrogens is 351 g/mol. The van der Waals surface area contributed by atoms with Crippen LogP contribution in [0.25, 0.3) is 10.1 Å². The number of fused-ring (bicyclic) bond motifs is 1. The molecule has 2 nitrogen and oxygen atoms in total. The molecule has 126 valence electrons. The molecule has 0 unspecified atom stereocenters. The fraction of sp³-hybridized carbons (Fsp3) is 0.529. The molecule has 1 aliphatic heterocycles. The maximum atomic E-state index is 14.8. The van der Waals surface area contributed by atoms with E-state index in [1.54, 1.807) is 18.4 Å². The van der Waals surface area contributed by atoms with Crippen molar-refractivity contribution in [1.82, 2.24) is 0 Å². The van der Waals surface area contributed by atoms with E-state index in [0.29, 0.717) is 11.1 Å². The van der Waals surface area contributed by atoms with Crippen molar-refractivity contribution >= 4 is 44.9 Å². The van der Waals surface area contributed by atoms with Crippen LogP contribution in [0.2, 0.25) is 0 Å². The van der Waals surface area contributed by atoms with E-state index in [2.05, 4.69) is 6.92 Å². The fourth-order valence-electron chi connectivity index (χ4n) is 2.94. The molecule has 0 saturated carbocycles. The van der Waals surface area contributed by atoms with Crippen LogP contribution in [0.1, 0.15) is 31.1 Å². The molecule has 0 radical (unpaired) electrons. The Bertz CT molecular complexity index is 687. The lowest BCUT2D eigenvalue weighted by molar-refractivity contribution is 0.340. The van der Waals surface area contributed by atoms with Crippen LogP contribution in [0, 0.1) is 5.82 Å². The number of ether oxygens (including phenoxy) is 2. The Morgan fingerprint density at radius 2 is 1.91 bits per heavy atom. The predicted octanol–water partition coefficient (Wildman–Crippen LogP) is 5.88. The van der Waals surface area contributed by atoms with Crippen molar-refractivity contribution in [3.05, 3.63) is 22.8 Å². The molecule has 0 N–H and O–H groups in total. The van der Waals surface area contributed by atoms with Gasteiger partial charge in [0.15, 0.2) is 17.3 Å². The molecule has 1 aliphatic rings. The third-order valence-electron chi connectivity index (χ3n) is 4.02. The van der Waals surface area contributed by atoms with Gasteiger partial charge >= 0.3 is 0 Å². The maximum absolute atomic E-state index is 14.8. The molecule has 0 aliphatic carbocycles. The van der Waals surface area contributed by atoms with Crippen LogP contribution in [0.5, 0.6) is 11.5 Å².